The van der Waals surface area contributed by atoms with Crippen LogP contribution in [0.4, 0.5) is 0 Å². The van der Waals surface area contributed by atoms with Crippen molar-refractivity contribution < 1.29 is 19.1 Å². The molecule has 192 valence electrons. The van der Waals surface area contributed by atoms with Crippen LogP contribution in [-0.2, 0) is 19.1 Å². The van der Waals surface area contributed by atoms with E-state index in [0.29, 0.717) is 11.8 Å². The van der Waals surface area contributed by atoms with Gasteiger partial charge >= 0.3 is 11.9 Å². The smallest absolute Gasteiger partial charge is 0.340 e. The Bertz CT molecular complexity index is 1110. The van der Waals surface area contributed by atoms with Gasteiger partial charge in [0.25, 0.3) is 0 Å². The second kappa shape index (κ2) is 8.46. The van der Waals surface area contributed by atoms with Gasteiger partial charge in [0.1, 0.15) is 11.5 Å². The van der Waals surface area contributed by atoms with Crippen LogP contribution in [0.25, 0.3) is 0 Å². The molecule has 0 unspecified atom stereocenters. The number of fused-ring (bicyclic) bond motifs is 1. The summed E-state index contributed by atoms with van der Waals surface area (Å²) in [5.74, 6) is 2.96. The minimum atomic E-state index is -0.461. The molecule has 4 fully saturated rings. The van der Waals surface area contributed by atoms with E-state index in [-0.39, 0.29) is 23.3 Å². The highest BCUT2D eigenvalue weighted by molar-refractivity contribution is 5.99. The van der Waals surface area contributed by atoms with Gasteiger partial charge in [-0.05, 0) is 93.1 Å². The number of carbonyl (C=O) groups excluding carboxylic acids is 2. The molecule has 6 aliphatic carbocycles. The molecular formula is C32H40O4. The highest BCUT2D eigenvalue weighted by Crippen LogP contribution is 2.68. The zero-order valence-corrected chi connectivity index (χ0v) is 21.8. The van der Waals surface area contributed by atoms with Gasteiger partial charge in [-0.3, -0.25) is 0 Å². The van der Waals surface area contributed by atoms with Crippen molar-refractivity contribution in [3.8, 4) is 0 Å². The number of rotatable bonds is 5. The van der Waals surface area contributed by atoms with Gasteiger partial charge < -0.3 is 9.47 Å². The maximum Gasteiger partial charge on any atom is 0.340 e. The van der Waals surface area contributed by atoms with Crippen molar-refractivity contribution in [2.24, 2.45) is 34.5 Å². The van der Waals surface area contributed by atoms with Gasteiger partial charge in [-0.1, -0.05) is 51.5 Å². The third kappa shape index (κ3) is 3.24. The summed E-state index contributed by atoms with van der Waals surface area (Å²) in [6, 6.07) is 0. The summed E-state index contributed by atoms with van der Waals surface area (Å²) in [7, 11) is 0. The van der Waals surface area contributed by atoms with Gasteiger partial charge in [-0.15, -0.1) is 0 Å². The quantitative estimate of drug-likeness (QED) is 0.377. The number of carbonyl (C=O) groups is 2. The number of allylic oxidation sites excluding steroid dienone is 5. The summed E-state index contributed by atoms with van der Waals surface area (Å²) in [5, 5.41) is 0. The topological polar surface area (TPSA) is 52.6 Å². The predicted molar refractivity (Wildman–Crippen MR) is 137 cm³/mol. The number of esters is 2. The average Bonchev–Trinajstić information content (AvgIpc) is 3.69. The SMILES string of the molecule is CCC1(/C=C2\OC(=O)C3=C2CC[C@H]2[C@H]4C=C5C(=O)OC(=CCCC6CCCC6)[C@@]5(CC4)[C@@H]32)CCCC1. The fourth-order valence-electron chi connectivity index (χ4n) is 9.40. The summed E-state index contributed by atoms with van der Waals surface area (Å²) < 4.78 is 12.2. The largest absolute Gasteiger partial charge is 0.427 e. The van der Waals surface area contributed by atoms with Crippen molar-refractivity contribution >= 4 is 11.9 Å². The fraction of sp³-hybridized carbons (Fsp3) is 0.688. The molecule has 8 aliphatic rings. The zero-order chi connectivity index (χ0) is 24.5. The summed E-state index contributed by atoms with van der Waals surface area (Å²) >= 11 is 0. The maximum atomic E-state index is 13.6. The van der Waals surface area contributed by atoms with E-state index < -0.39 is 5.41 Å². The highest BCUT2D eigenvalue weighted by atomic mass is 16.5. The lowest BCUT2D eigenvalue weighted by Gasteiger charge is -2.54. The molecule has 36 heavy (non-hydrogen) atoms. The summed E-state index contributed by atoms with van der Waals surface area (Å²) in [5.41, 5.74) is 2.58. The Labute approximate surface area is 215 Å². The summed E-state index contributed by atoms with van der Waals surface area (Å²) in [4.78, 5) is 26.8. The molecule has 4 heteroatoms. The first-order chi connectivity index (χ1) is 17.5. The first-order valence-electron chi connectivity index (χ1n) is 14.9. The number of ether oxygens (including phenoxy) is 2. The number of hydrogen-bond acceptors (Lipinski definition) is 4. The van der Waals surface area contributed by atoms with E-state index in [1.807, 2.05) is 0 Å². The third-order valence-electron chi connectivity index (χ3n) is 11.3. The van der Waals surface area contributed by atoms with Crippen LogP contribution in [0.3, 0.4) is 0 Å². The van der Waals surface area contributed by atoms with Crippen LogP contribution < -0.4 is 0 Å². The van der Waals surface area contributed by atoms with Crippen LogP contribution in [0.5, 0.6) is 0 Å². The first-order valence-corrected chi connectivity index (χ1v) is 14.9. The van der Waals surface area contributed by atoms with Crippen LogP contribution in [0.15, 0.2) is 46.5 Å². The Morgan fingerprint density at radius 1 is 0.972 bits per heavy atom. The molecule has 1 saturated heterocycles. The standard InChI is InChI=1S/C32H40O4/c1-2-31(15-5-6-16-31)19-25-23-13-12-22-21-14-17-32(28(22)27(23)30(34)35-25)24(18-21)29(33)36-26(32)11-7-10-20-8-3-4-9-20/h11,18-22,28H,2-10,12-17H2,1H3/b25-19-,26-11?/t21-,22+,28-,32+/m1/s1. The summed E-state index contributed by atoms with van der Waals surface area (Å²) in [6.45, 7) is 2.27. The fourth-order valence-corrected chi connectivity index (χ4v) is 9.40. The van der Waals surface area contributed by atoms with Crippen molar-refractivity contribution in [1.29, 1.82) is 0 Å². The Hall–Kier alpha value is -2.10. The Morgan fingerprint density at radius 2 is 1.78 bits per heavy atom. The van der Waals surface area contributed by atoms with Crippen molar-refractivity contribution in [2.75, 3.05) is 0 Å². The van der Waals surface area contributed by atoms with Gasteiger partial charge in [0, 0.05) is 22.6 Å². The van der Waals surface area contributed by atoms with E-state index in [0.717, 1.165) is 72.7 Å². The van der Waals surface area contributed by atoms with Crippen molar-refractivity contribution in [2.45, 2.75) is 103 Å². The zero-order valence-electron chi connectivity index (χ0n) is 21.8. The lowest BCUT2D eigenvalue weighted by atomic mass is 9.47. The maximum absolute atomic E-state index is 13.6. The molecule has 0 radical (unpaired) electrons. The minimum absolute atomic E-state index is 0.0173. The average molecular weight is 489 g/mol. The summed E-state index contributed by atoms with van der Waals surface area (Å²) in [6.07, 6.45) is 24.3. The molecular weight excluding hydrogens is 448 g/mol. The third-order valence-corrected chi connectivity index (χ3v) is 11.3. The second-order valence-corrected chi connectivity index (χ2v) is 12.8. The van der Waals surface area contributed by atoms with Crippen LogP contribution in [-0.4, -0.2) is 11.9 Å². The molecule has 3 saturated carbocycles. The molecule has 2 bridgehead atoms. The van der Waals surface area contributed by atoms with E-state index in [9.17, 15) is 9.59 Å². The van der Waals surface area contributed by atoms with Gasteiger partial charge in [-0.2, -0.15) is 0 Å². The molecule has 0 N–H and O–H groups in total. The molecule has 0 aromatic heterocycles. The Morgan fingerprint density at radius 3 is 2.56 bits per heavy atom. The lowest BCUT2D eigenvalue weighted by molar-refractivity contribution is -0.135. The lowest BCUT2D eigenvalue weighted by Crippen LogP contribution is -2.50. The van der Waals surface area contributed by atoms with E-state index >= 15 is 0 Å². The van der Waals surface area contributed by atoms with Gasteiger partial charge in [0.2, 0.25) is 0 Å². The van der Waals surface area contributed by atoms with Crippen molar-refractivity contribution in [1.82, 2.24) is 0 Å². The van der Waals surface area contributed by atoms with E-state index in [4.69, 9.17) is 9.47 Å². The number of hydrogen-bond donors (Lipinski definition) is 0. The second-order valence-electron chi connectivity index (χ2n) is 12.8. The molecule has 0 amide bonds. The molecule has 8 rings (SSSR count). The minimum Gasteiger partial charge on any atom is -0.427 e. The van der Waals surface area contributed by atoms with Crippen LogP contribution in [0, 0.1) is 34.5 Å². The molecule has 2 aliphatic heterocycles. The predicted octanol–water partition coefficient (Wildman–Crippen LogP) is 7.47. The van der Waals surface area contributed by atoms with Crippen molar-refractivity contribution in [3.05, 3.63) is 46.5 Å². The van der Waals surface area contributed by atoms with Crippen molar-refractivity contribution in [3.63, 3.8) is 0 Å². The van der Waals surface area contributed by atoms with Gasteiger partial charge in [-0.25, -0.2) is 9.59 Å². The van der Waals surface area contributed by atoms with E-state index in [2.05, 4.69) is 25.2 Å². The number of cyclic esters (lactones) is 2. The van der Waals surface area contributed by atoms with Crippen LogP contribution >= 0.6 is 0 Å². The van der Waals surface area contributed by atoms with E-state index in [1.165, 1.54) is 57.8 Å². The Kier molecular flexibility index (Phi) is 5.42. The van der Waals surface area contributed by atoms with Crippen LogP contribution in [0.1, 0.15) is 103 Å². The van der Waals surface area contributed by atoms with Gasteiger partial charge in [0.15, 0.2) is 0 Å². The molecule has 4 atom stereocenters. The molecule has 4 nitrogen and oxygen atoms in total. The van der Waals surface area contributed by atoms with E-state index in [1.54, 1.807) is 0 Å². The van der Waals surface area contributed by atoms with Gasteiger partial charge in [0.05, 0.1) is 5.41 Å². The first kappa shape index (κ1) is 23.0. The normalized spacial score (nSPS) is 38.9. The molecule has 0 aromatic carbocycles. The monoisotopic (exact) mass is 488 g/mol. The molecule has 2 heterocycles. The molecule has 1 spiro atoms. The Balaban J connectivity index is 1.29. The van der Waals surface area contributed by atoms with Crippen LogP contribution in [0.2, 0.25) is 0 Å². The highest BCUT2D eigenvalue weighted by Gasteiger charge is 2.66. The molecule has 0 aromatic rings.